The average Bonchev–Trinajstić information content (AvgIpc) is 2.40. The molecule has 0 spiro atoms. The van der Waals surface area contributed by atoms with Gasteiger partial charge in [0, 0.05) is 6.42 Å². The van der Waals surface area contributed by atoms with Crippen molar-refractivity contribution in [2.45, 2.75) is 44.9 Å². The normalized spacial score (nSPS) is 11.0. The summed E-state index contributed by atoms with van der Waals surface area (Å²) in [7, 11) is -7.63. The van der Waals surface area contributed by atoms with Gasteiger partial charge in [0.05, 0.1) is 42.1 Å². The van der Waals surface area contributed by atoms with Crippen molar-refractivity contribution in [2.24, 2.45) is 10.3 Å². The molecule has 0 unspecified atom stereocenters. The number of carbonyl (C=O) groups excluding carboxylic acids is 1. The number of nitrogens with zero attached hydrogens (tertiary/aromatic N) is 11. The molecule has 8 rings (SSSR count). The summed E-state index contributed by atoms with van der Waals surface area (Å²) in [6, 6.07) is 12.2. The maximum Gasteiger partial charge on any atom is 1.00 e. The van der Waals surface area contributed by atoms with Crippen molar-refractivity contribution in [2.75, 3.05) is 36.3 Å². The first-order valence-corrected chi connectivity index (χ1v) is 32.5. The standard InChI is InChI=1S/C14H13BrFN5O5S.C14H16BrFN4O4S.C13H11BrFN5O5S.CH3I.CH2O3.2K.Na.H2O.H/c1-17-27(23,24)6-2-3-11-12(19-26-18-11)13-20-25-14(22)21(13)8-4-5-10(16)9(15)7-8;1-17-25(22,23)6-2-3-12-14(20-24-19-12)13(18-21)8-9-4-5-11(16)10(15)7-9;14-8-6-7(3-4-9(8)15)20-12(19-24-13(20)21)11-10(17-25-18-11)2-1-5-26(16,22)23;1-2;2-1-4-3;;;;;/h4-5,7,17H,2-3,6H2,1H3;4-5,7,17,21H,2-3,6,8H2,1H3;3-4,6H,1-2,5H2,(H2,16,22,23);1H3;1,3H;;;;1H2;/q;;;;;3*+1;;-1/p-2/b;18-13+;;;;;;;;. The fourth-order valence-corrected chi connectivity index (χ4v) is 9.85. The van der Waals surface area contributed by atoms with E-state index in [1.165, 1.54) is 50.5 Å². The molecule has 0 aliphatic heterocycles. The molecule has 0 bridgehead atoms. The number of alkyl halides is 1. The van der Waals surface area contributed by atoms with Crippen LogP contribution in [-0.4, -0.2) is 135 Å². The molecule has 0 radical (unpaired) electrons. The third-order valence-corrected chi connectivity index (χ3v) is 16.1. The number of rotatable bonds is 22. The van der Waals surface area contributed by atoms with Crippen molar-refractivity contribution in [3.05, 3.63) is 135 Å². The van der Waals surface area contributed by atoms with Gasteiger partial charge >= 0.3 is 144 Å². The van der Waals surface area contributed by atoms with Gasteiger partial charge in [0.1, 0.15) is 40.2 Å². The number of benzene rings is 3. The second kappa shape index (κ2) is 42.2. The zero-order valence-electron chi connectivity index (χ0n) is 47.6. The quantitative estimate of drug-likeness (QED) is 0.00719. The minimum Gasteiger partial charge on any atom is -1.00 e. The molecule has 0 atom stereocenters. The van der Waals surface area contributed by atoms with Crippen molar-refractivity contribution < 1.29 is 221 Å². The number of primary sulfonamides is 1. The molecule has 3 aromatic carbocycles. The number of oxime groups is 1. The fraction of sp³-hybridized carbons (Fsp3) is 0.302. The topological polar surface area (TPSA) is 477 Å². The van der Waals surface area contributed by atoms with E-state index in [1.807, 2.05) is 4.93 Å². The van der Waals surface area contributed by atoms with E-state index in [1.54, 1.807) is 12.1 Å². The number of hydrogen-bond acceptors (Lipinski definition) is 27. The van der Waals surface area contributed by atoms with E-state index in [0.29, 0.717) is 23.4 Å². The van der Waals surface area contributed by atoms with Gasteiger partial charge in [-0.1, -0.05) is 59.6 Å². The van der Waals surface area contributed by atoms with Crippen LogP contribution in [0.2, 0.25) is 0 Å². The van der Waals surface area contributed by atoms with Crippen molar-refractivity contribution in [3.63, 3.8) is 0 Å². The third kappa shape index (κ3) is 26.6. The van der Waals surface area contributed by atoms with E-state index < -0.39 is 59.0 Å². The van der Waals surface area contributed by atoms with Crippen LogP contribution >= 0.6 is 70.4 Å². The summed E-state index contributed by atoms with van der Waals surface area (Å²) < 4.78 is 139. The van der Waals surface area contributed by atoms with E-state index in [4.69, 9.17) is 29.0 Å². The second-order valence-electron chi connectivity index (χ2n) is 16.0. The van der Waals surface area contributed by atoms with Crippen molar-refractivity contribution in [1.29, 1.82) is 0 Å². The number of aromatic nitrogens is 10. The molecule has 466 valence electrons. The molecule has 0 amide bonds. The van der Waals surface area contributed by atoms with Gasteiger partial charge in [-0.3, -0.25) is 13.8 Å². The van der Waals surface area contributed by atoms with Crippen LogP contribution in [0.25, 0.3) is 34.4 Å². The molecule has 0 aliphatic carbocycles. The summed E-state index contributed by atoms with van der Waals surface area (Å²) >= 11 is 11.3. The van der Waals surface area contributed by atoms with Gasteiger partial charge < -0.3 is 22.3 Å². The molecule has 6 N–H and O–H groups in total. The summed E-state index contributed by atoms with van der Waals surface area (Å²) in [6.45, 7) is -0.181. The fourth-order valence-electron chi connectivity index (χ4n) is 6.69. The molecular weight excluding hydrogens is 1620 g/mol. The summed E-state index contributed by atoms with van der Waals surface area (Å²) in [5.74, 6) is -3.50. The van der Waals surface area contributed by atoms with Gasteiger partial charge in [-0.2, -0.15) is 0 Å². The average molecular weight is 1670 g/mol. The summed E-state index contributed by atoms with van der Waals surface area (Å²) in [5, 5.41) is 55.6. The van der Waals surface area contributed by atoms with E-state index in [9.17, 15) is 53.2 Å². The van der Waals surface area contributed by atoms with E-state index in [2.05, 4.69) is 140 Å². The molecule has 0 saturated carbocycles. The van der Waals surface area contributed by atoms with E-state index in [-0.39, 0.29) is 266 Å². The molecule has 0 aliphatic rings. The Bertz CT molecular complexity index is 4010. The largest absolute Gasteiger partial charge is 1.00 e. The van der Waals surface area contributed by atoms with Crippen molar-refractivity contribution in [3.8, 4) is 34.4 Å². The Kier molecular flexibility index (Phi) is 41.1. The molecule has 0 saturated heterocycles. The van der Waals surface area contributed by atoms with Gasteiger partial charge in [-0.05, 0) is 175 Å². The molecule has 8 aromatic rings. The van der Waals surface area contributed by atoms with Crippen LogP contribution in [0.3, 0.4) is 0 Å². The predicted molar refractivity (Wildman–Crippen MR) is 305 cm³/mol. The van der Waals surface area contributed by atoms with Gasteiger partial charge in [0.15, 0.2) is 17.1 Å². The Labute approximate surface area is 644 Å². The number of halogens is 7. The van der Waals surface area contributed by atoms with Crippen LogP contribution in [0.5, 0.6) is 0 Å². The summed E-state index contributed by atoms with van der Waals surface area (Å²) in [4.78, 5) is 37.3. The Balaban J connectivity index is 0. The number of carbonyl (C=O) groups is 1. The number of nitrogens with two attached hydrogens (primary N) is 1. The molecule has 0 fully saturated rings. The Hall–Kier alpha value is -2.22. The van der Waals surface area contributed by atoms with Crippen molar-refractivity contribution in [1.82, 2.24) is 59.8 Å². The molecule has 32 nitrogen and oxygen atoms in total. The van der Waals surface area contributed by atoms with Gasteiger partial charge in [0.2, 0.25) is 41.7 Å². The summed E-state index contributed by atoms with van der Waals surface area (Å²) in [6.07, 6.45) is 1.55. The Morgan fingerprint density at radius 1 is 0.682 bits per heavy atom. The van der Waals surface area contributed by atoms with E-state index in [0.717, 1.165) is 15.2 Å². The maximum atomic E-state index is 13.5. The number of sulfonamides is 3. The number of aryl methyl sites for hydroxylation is 3. The van der Waals surface area contributed by atoms with Crippen LogP contribution in [0.15, 0.2) is 106 Å². The third-order valence-electron chi connectivity index (χ3n) is 10.5. The first kappa shape index (κ1) is 85.8. The number of nitrogens with one attached hydrogen (secondary N) is 2. The smallest absolute Gasteiger partial charge is 1.00 e. The van der Waals surface area contributed by atoms with Crippen LogP contribution < -0.4 is 164 Å². The van der Waals surface area contributed by atoms with Crippen LogP contribution in [0.4, 0.5) is 13.2 Å². The number of hydrogen-bond donors (Lipinski definition) is 4. The van der Waals surface area contributed by atoms with Gasteiger partial charge in [0.25, 0.3) is 6.47 Å². The summed E-state index contributed by atoms with van der Waals surface area (Å²) in [5.41, 5.74) is 2.88. The molecule has 45 heteroatoms. The first-order valence-electron chi connectivity index (χ1n) is 23.0. The zero-order valence-corrected chi connectivity index (χ0v) is 64.2. The molecule has 5 aromatic heterocycles. The Morgan fingerprint density at radius 2 is 1.06 bits per heavy atom. The maximum absolute atomic E-state index is 13.5. The van der Waals surface area contributed by atoms with E-state index >= 15 is 0 Å². The molecular formula is C43H46Br3F3IK2N14NaO18S3. The predicted octanol–water partition coefficient (Wildman–Crippen LogP) is -5.44. The van der Waals surface area contributed by atoms with Crippen LogP contribution in [0, 0.1) is 17.5 Å². The zero-order chi connectivity index (χ0) is 62.4. The minimum absolute atomic E-state index is 0. The van der Waals surface area contributed by atoms with Crippen LogP contribution in [-0.2, 0) is 65.4 Å². The second-order valence-corrected chi connectivity index (χ2v) is 24.4. The van der Waals surface area contributed by atoms with Gasteiger partial charge in [-0.25, -0.2) is 85.6 Å². The minimum atomic E-state index is -3.62. The van der Waals surface area contributed by atoms with Crippen molar-refractivity contribution >= 4 is 113 Å². The monoisotopic (exact) mass is 1660 g/mol. The first-order chi connectivity index (χ1) is 39.9. The molecule has 88 heavy (non-hydrogen) atoms. The Morgan fingerprint density at radius 3 is 1.43 bits per heavy atom. The van der Waals surface area contributed by atoms with Gasteiger partial charge in [-0.15, -0.1) is 0 Å². The molecule has 5 heterocycles. The van der Waals surface area contributed by atoms with Crippen LogP contribution in [0.1, 0.15) is 49.0 Å². The SMILES string of the molecule is CI.CNS(=O)(=O)CCCc1nonc1-c1noc(=O)n1-c1ccc(F)c(Br)c1.CNS(=O)(=O)CCCc1nonc1/C(Cc1ccc(F)c(Br)c1)=N/O.NS(=O)(=O)CCCc1nonc1-c1noc(=O)n1-c1ccc(F)c(Br)c1.O=CO[O-].[H-].[K+].[K+].[Na+].[OH-].